The molecule has 0 heterocycles. The first-order valence-electron chi connectivity index (χ1n) is 15.0. The van der Waals surface area contributed by atoms with Gasteiger partial charge in [0.15, 0.2) is 0 Å². The molecule has 4 rings (SSSR count). The highest BCUT2D eigenvalue weighted by Gasteiger charge is 2.35. The number of benzene rings is 4. The van der Waals surface area contributed by atoms with Crippen LogP contribution < -0.4 is 9.62 Å². The Morgan fingerprint density at radius 3 is 2.00 bits per heavy atom. The molecular weight excluding hydrogens is 606 g/mol. The number of sulfonamides is 1. The Hall–Kier alpha value is -4.14. The second kappa shape index (κ2) is 15.2. The quantitative estimate of drug-likeness (QED) is 0.178. The number of nitrogens with one attached hydrogen (secondary N) is 1. The standard InChI is InChI=1S/C36H40ClN3O4S/c1-26(2)23-38-36(42)34(22-29-11-7-5-8-12-29)39(24-30-13-9-6-10-14-30)35(41)25-40(33-20-17-31(37)21-28(33)4)45(43,44)32-18-15-27(3)16-19-32/h5-21,26,34H,22-25H2,1-4H3,(H,38,42). The maximum absolute atomic E-state index is 14.5. The number of carbonyl (C=O) groups is 2. The zero-order chi connectivity index (χ0) is 32.6. The molecule has 0 aliphatic rings. The first kappa shape index (κ1) is 33.7. The lowest BCUT2D eigenvalue weighted by Gasteiger charge is -2.34. The van der Waals surface area contributed by atoms with Crippen molar-refractivity contribution in [1.29, 1.82) is 0 Å². The van der Waals surface area contributed by atoms with Crippen molar-refractivity contribution < 1.29 is 18.0 Å². The van der Waals surface area contributed by atoms with Crippen molar-refractivity contribution in [3.8, 4) is 0 Å². The lowest BCUT2D eigenvalue weighted by Crippen LogP contribution is -2.53. The second-order valence-electron chi connectivity index (χ2n) is 11.6. The van der Waals surface area contributed by atoms with E-state index in [0.717, 1.165) is 21.0 Å². The SMILES string of the molecule is Cc1ccc(S(=O)(=O)N(CC(=O)N(Cc2ccccc2)C(Cc2ccccc2)C(=O)NCC(C)C)c2ccc(Cl)cc2C)cc1. The van der Waals surface area contributed by atoms with Crippen LogP contribution in [0.1, 0.15) is 36.1 Å². The van der Waals surface area contributed by atoms with Crippen molar-refractivity contribution in [1.82, 2.24) is 10.2 Å². The maximum Gasteiger partial charge on any atom is 0.264 e. The van der Waals surface area contributed by atoms with Gasteiger partial charge in [-0.05, 0) is 66.8 Å². The van der Waals surface area contributed by atoms with E-state index < -0.39 is 28.5 Å². The molecule has 1 unspecified atom stereocenters. The van der Waals surface area contributed by atoms with Crippen LogP contribution in [-0.2, 0) is 32.6 Å². The summed E-state index contributed by atoms with van der Waals surface area (Å²) in [5.74, 6) is -0.607. The Bertz CT molecular complexity index is 1700. The molecule has 2 amide bonds. The normalized spacial score (nSPS) is 12.0. The van der Waals surface area contributed by atoms with Gasteiger partial charge in [-0.2, -0.15) is 0 Å². The van der Waals surface area contributed by atoms with Crippen LogP contribution in [0.15, 0.2) is 108 Å². The molecule has 4 aromatic carbocycles. The fraction of sp³-hybridized carbons (Fsp3) is 0.278. The Kier molecular flexibility index (Phi) is 11.4. The van der Waals surface area contributed by atoms with E-state index in [1.165, 1.54) is 17.0 Å². The molecule has 236 valence electrons. The molecule has 4 aromatic rings. The van der Waals surface area contributed by atoms with Gasteiger partial charge in [0.2, 0.25) is 11.8 Å². The molecule has 0 bridgehead atoms. The summed E-state index contributed by atoms with van der Waals surface area (Å²) in [6.07, 6.45) is 0.258. The van der Waals surface area contributed by atoms with Crippen LogP contribution in [0.2, 0.25) is 5.02 Å². The van der Waals surface area contributed by atoms with Crippen LogP contribution in [0, 0.1) is 19.8 Å². The molecule has 1 atom stereocenters. The van der Waals surface area contributed by atoms with E-state index in [4.69, 9.17) is 11.6 Å². The van der Waals surface area contributed by atoms with Gasteiger partial charge in [-0.1, -0.05) is 104 Å². The van der Waals surface area contributed by atoms with Gasteiger partial charge < -0.3 is 10.2 Å². The molecule has 0 aliphatic carbocycles. The summed E-state index contributed by atoms with van der Waals surface area (Å²) in [4.78, 5) is 29.9. The van der Waals surface area contributed by atoms with Crippen LogP contribution in [0.4, 0.5) is 5.69 Å². The van der Waals surface area contributed by atoms with Crippen molar-refractivity contribution in [2.45, 2.75) is 51.6 Å². The topological polar surface area (TPSA) is 86.8 Å². The molecule has 0 fully saturated rings. The fourth-order valence-electron chi connectivity index (χ4n) is 5.01. The summed E-state index contributed by atoms with van der Waals surface area (Å²) in [7, 11) is -4.19. The first-order chi connectivity index (χ1) is 21.5. The van der Waals surface area contributed by atoms with Crippen molar-refractivity contribution in [2.75, 3.05) is 17.4 Å². The van der Waals surface area contributed by atoms with Gasteiger partial charge in [-0.25, -0.2) is 8.42 Å². The maximum atomic E-state index is 14.5. The molecular formula is C36H40ClN3O4S. The third kappa shape index (κ3) is 8.96. The summed E-state index contributed by atoms with van der Waals surface area (Å²) < 4.78 is 29.5. The van der Waals surface area contributed by atoms with Crippen LogP contribution in [0.25, 0.3) is 0 Å². The predicted molar refractivity (Wildman–Crippen MR) is 181 cm³/mol. The largest absolute Gasteiger partial charge is 0.354 e. The summed E-state index contributed by atoms with van der Waals surface area (Å²) in [6, 6.07) is 29.4. The Balaban J connectivity index is 1.81. The van der Waals surface area contributed by atoms with Gasteiger partial charge >= 0.3 is 0 Å². The molecule has 0 aromatic heterocycles. The lowest BCUT2D eigenvalue weighted by atomic mass is 10.0. The van der Waals surface area contributed by atoms with Crippen LogP contribution in [-0.4, -0.2) is 44.3 Å². The smallest absolute Gasteiger partial charge is 0.264 e. The summed E-state index contributed by atoms with van der Waals surface area (Å²) in [5.41, 5.74) is 3.53. The Morgan fingerprint density at radius 2 is 1.42 bits per heavy atom. The number of hydrogen-bond donors (Lipinski definition) is 1. The van der Waals surface area contributed by atoms with Gasteiger partial charge in [0.1, 0.15) is 12.6 Å². The van der Waals surface area contributed by atoms with Crippen molar-refractivity contribution in [3.05, 3.63) is 130 Å². The number of anilines is 1. The third-order valence-electron chi connectivity index (χ3n) is 7.47. The summed E-state index contributed by atoms with van der Waals surface area (Å²) in [5, 5.41) is 3.46. The van der Waals surface area contributed by atoms with Crippen molar-refractivity contribution in [3.63, 3.8) is 0 Å². The summed E-state index contributed by atoms with van der Waals surface area (Å²) in [6.45, 7) is 7.67. The highest BCUT2D eigenvalue weighted by Crippen LogP contribution is 2.30. The van der Waals surface area contributed by atoms with Gasteiger partial charge in [0.25, 0.3) is 10.0 Å². The average Bonchev–Trinajstić information content (AvgIpc) is 3.01. The molecule has 0 spiro atoms. The molecule has 1 N–H and O–H groups in total. The van der Waals surface area contributed by atoms with E-state index in [-0.39, 0.29) is 29.7 Å². The van der Waals surface area contributed by atoms with E-state index in [1.807, 2.05) is 81.4 Å². The number of hydrogen-bond acceptors (Lipinski definition) is 4. The minimum Gasteiger partial charge on any atom is -0.354 e. The molecule has 0 aliphatic heterocycles. The van der Waals surface area contributed by atoms with E-state index in [2.05, 4.69) is 5.32 Å². The number of carbonyl (C=O) groups excluding carboxylic acids is 2. The third-order valence-corrected chi connectivity index (χ3v) is 9.48. The number of halogens is 1. The van der Waals surface area contributed by atoms with Gasteiger partial charge in [0, 0.05) is 24.5 Å². The van der Waals surface area contributed by atoms with E-state index in [9.17, 15) is 18.0 Å². The van der Waals surface area contributed by atoms with Crippen LogP contribution in [0.5, 0.6) is 0 Å². The lowest BCUT2D eigenvalue weighted by molar-refractivity contribution is -0.140. The number of nitrogens with zero attached hydrogens (tertiary/aromatic N) is 2. The first-order valence-corrected chi connectivity index (χ1v) is 16.8. The van der Waals surface area contributed by atoms with Gasteiger partial charge in [-0.3, -0.25) is 13.9 Å². The monoisotopic (exact) mass is 645 g/mol. The zero-order valence-electron chi connectivity index (χ0n) is 26.1. The van der Waals surface area contributed by atoms with Crippen molar-refractivity contribution in [2.24, 2.45) is 5.92 Å². The number of rotatable bonds is 13. The van der Waals surface area contributed by atoms with Gasteiger partial charge in [-0.15, -0.1) is 0 Å². The van der Waals surface area contributed by atoms with E-state index in [0.29, 0.717) is 22.8 Å². The molecule has 7 nitrogen and oxygen atoms in total. The molecule has 9 heteroatoms. The molecule has 0 saturated heterocycles. The summed E-state index contributed by atoms with van der Waals surface area (Å²) >= 11 is 6.23. The van der Waals surface area contributed by atoms with Crippen LogP contribution >= 0.6 is 11.6 Å². The van der Waals surface area contributed by atoms with Crippen LogP contribution in [0.3, 0.4) is 0 Å². The fourth-order valence-corrected chi connectivity index (χ4v) is 6.71. The minimum atomic E-state index is -4.19. The predicted octanol–water partition coefficient (Wildman–Crippen LogP) is 6.56. The second-order valence-corrected chi connectivity index (χ2v) is 13.9. The van der Waals surface area contributed by atoms with E-state index >= 15 is 0 Å². The zero-order valence-corrected chi connectivity index (χ0v) is 27.7. The number of aryl methyl sites for hydroxylation is 2. The van der Waals surface area contributed by atoms with Crippen molar-refractivity contribution >= 4 is 39.1 Å². The van der Waals surface area contributed by atoms with E-state index in [1.54, 1.807) is 37.3 Å². The highest BCUT2D eigenvalue weighted by atomic mass is 35.5. The molecule has 0 radical (unpaired) electrons. The highest BCUT2D eigenvalue weighted by molar-refractivity contribution is 7.92. The molecule has 45 heavy (non-hydrogen) atoms. The number of amides is 2. The minimum absolute atomic E-state index is 0.0559. The average molecular weight is 646 g/mol. The Morgan fingerprint density at radius 1 is 0.822 bits per heavy atom. The molecule has 0 saturated carbocycles. The van der Waals surface area contributed by atoms with Gasteiger partial charge in [0.05, 0.1) is 10.6 Å². The Labute approximate surface area is 271 Å².